The molecular weight excluding hydrogens is 425 g/mol. The van der Waals surface area contributed by atoms with Crippen molar-refractivity contribution < 1.29 is 18.0 Å². The Morgan fingerprint density at radius 3 is 2.50 bits per heavy atom. The van der Waals surface area contributed by atoms with Crippen molar-refractivity contribution in [3.8, 4) is 0 Å². The molecule has 0 bridgehead atoms. The van der Waals surface area contributed by atoms with Gasteiger partial charge in [0.15, 0.2) is 5.82 Å². The zero-order valence-electron chi connectivity index (χ0n) is 18.2. The number of fused-ring (bicyclic) bond motifs is 1. The molecular formula is C20H25F3N8O. The fourth-order valence-electron chi connectivity index (χ4n) is 4.10. The number of carbonyl (C=O) groups excluding carboxylic acids is 1. The minimum absolute atomic E-state index is 0.0190. The first-order valence-electron chi connectivity index (χ1n) is 10.4. The van der Waals surface area contributed by atoms with E-state index in [9.17, 15) is 18.0 Å². The van der Waals surface area contributed by atoms with Gasteiger partial charge in [-0.3, -0.25) is 4.79 Å². The standard InChI is InChI=1S/C20H25F3N8O/c1-9(2)15-17(32)29-14-10(3)25-19(30-16(14)31(15)4)27-12-7-11(8-12)26-13-5-6-24-18(28-13)20(21,22)23/h5-6,9,11-12,15H,7-8H2,1-4H3,(H,29,32)(H,24,26,28)(H,25,27,30)/t11-,12+,15-/m0/s1. The lowest BCUT2D eigenvalue weighted by Crippen LogP contribution is -2.50. The Morgan fingerprint density at radius 2 is 1.84 bits per heavy atom. The molecule has 1 aliphatic carbocycles. The van der Waals surface area contributed by atoms with Crippen molar-refractivity contribution in [1.82, 2.24) is 19.9 Å². The smallest absolute Gasteiger partial charge is 0.367 e. The van der Waals surface area contributed by atoms with Gasteiger partial charge in [0.2, 0.25) is 17.7 Å². The quantitative estimate of drug-likeness (QED) is 0.638. The van der Waals surface area contributed by atoms with E-state index in [0.717, 1.165) is 6.20 Å². The number of hydrogen-bond acceptors (Lipinski definition) is 8. The predicted octanol–water partition coefficient (Wildman–Crippen LogP) is 3.06. The Bertz CT molecular complexity index is 1020. The van der Waals surface area contributed by atoms with Gasteiger partial charge in [-0.2, -0.15) is 18.2 Å². The molecule has 3 heterocycles. The average Bonchev–Trinajstić information content (AvgIpc) is 2.66. The van der Waals surface area contributed by atoms with Crippen molar-refractivity contribution in [2.45, 2.75) is 57.9 Å². The van der Waals surface area contributed by atoms with Gasteiger partial charge in [0, 0.05) is 25.3 Å². The normalized spacial score (nSPS) is 22.8. The van der Waals surface area contributed by atoms with E-state index < -0.39 is 12.0 Å². The lowest BCUT2D eigenvalue weighted by atomic mass is 9.87. The monoisotopic (exact) mass is 450 g/mol. The number of hydrogen-bond donors (Lipinski definition) is 3. The van der Waals surface area contributed by atoms with E-state index in [-0.39, 0.29) is 35.8 Å². The van der Waals surface area contributed by atoms with Crippen molar-refractivity contribution in [3.63, 3.8) is 0 Å². The van der Waals surface area contributed by atoms with Gasteiger partial charge in [0.1, 0.15) is 17.5 Å². The van der Waals surface area contributed by atoms with E-state index in [0.29, 0.717) is 36.0 Å². The van der Waals surface area contributed by atoms with E-state index in [1.807, 2.05) is 32.7 Å². The van der Waals surface area contributed by atoms with Crippen molar-refractivity contribution in [3.05, 3.63) is 23.8 Å². The summed E-state index contributed by atoms with van der Waals surface area (Å²) in [7, 11) is 1.85. The van der Waals surface area contributed by atoms with Crippen LogP contribution in [0.15, 0.2) is 12.3 Å². The second kappa shape index (κ2) is 8.06. The van der Waals surface area contributed by atoms with Gasteiger partial charge in [-0.1, -0.05) is 13.8 Å². The van der Waals surface area contributed by atoms with Crippen molar-refractivity contribution in [2.24, 2.45) is 5.92 Å². The van der Waals surface area contributed by atoms with Gasteiger partial charge in [-0.15, -0.1) is 0 Å². The second-order valence-corrected chi connectivity index (χ2v) is 8.54. The molecule has 0 spiro atoms. The number of aryl methyl sites for hydroxylation is 1. The third kappa shape index (κ3) is 4.26. The molecule has 0 unspecified atom stereocenters. The van der Waals surface area contributed by atoms with Crippen LogP contribution in [0.3, 0.4) is 0 Å². The molecule has 1 amide bonds. The number of halogens is 3. The Balaban J connectivity index is 1.40. The van der Waals surface area contributed by atoms with Gasteiger partial charge in [0.05, 0.1) is 5.69 Å². The molecule has 2 aromatic heterocycles. The lowest BCUT2D eigenvalue weighted by molar-refractivity contribution is -0.144. The van der Waals surface area contributed by atoms with Crippen molar-refractivity contribution in [2.75, 3.05) is 27.9 Å². The lowest BCUT2D eigenvalue weighted by Gasteiger charge is -2.38. The number of alkyl halides is 3. The largest absolute Gasteiger partial charge is 0.451 e. The predicted molar refractivity (Wildman–Crippen MR) is 114 cm³/mol. The van der Waals surface area contributed by atoms with Crippen LogP contribution in [0.25, 0.3) is 0 Å². The summed E-state index contributed by atoms with van der Waals surface area (Å²) in [4.78, 5) is 30.2. The number of anilines is 4. The molecule has 2 aromatic rings. The number of amides is 1. The van der Waals surface area contributed by atoms with Gasteiger partial charge in [0.25, 0.3) is 0 Å². The third-order valence-electron chi connectivity index (χ3n) is 5.70. The maximum atomic E-state index is 12.8. The number of nitrogens with zero attached hydrogens (tertiary/aromatic N) is 5. The summed E-state index contributed by atoms with van der Waals surface area (Å²) < 4.78 is 38.3. The summed E-state index contributed by atoms with van der Waals surface area (Å²) in [6, 6.07) is 1.14. The van der Waals surface area contributed by atoms with Crippen LogP contribution in [0, 0.1) is 12.8 Å². The van der Waals surface area contributed by atoms with Crippen LogP contribution in [0.2, 0.25) is 0 Å². The summed E-state index contributed by atoms with van der Waals surface area (Å²) in [5.41, 5.74) is 1.27. The maximum Gasteiger partial charge on any atom is 0.451 e. The van der Waals surface area contributed by atoms with Crippen LogP contribution in [-0.2, 0) is 11.0 Å². The molecule has 172 valence electrons. The molecule has 3 N–H and O–H groups in total. The van der Waals surface area contributed by atoms with Crippen LogP contribution >= 0.6 is 0 Å². The van der Waals surface area contributed by atoms with Gasteiger partial charge < -0.3 is 20.9 Å². The first-order chi connectivity index (χ1) is 15.0. The first kappa shape index (κ1) is 22.0. The maximum absolute atomic E-state index is 12.8. The minimum atomic E-state index is -4.58. The number of nitrogens with one attached hydrogen (secondary N) is 3. The molecule has 9 nitrogen and oxygen atoms in total. The van der Waals surface area contributed by atoms with Crippen LogP contribution in [-0.4, -0.2) is 51.0 Å². The zero-order chi connectivity index (χ0) is 23.2. The molecule has 12 heteroatoms. The molecule has 1 aliphatic heterocycles. The molecule has 32 heavy (non-hydrogen) atoms. The van der Waals surface area contributed by atoms with Crippen LogP contribution < -0.4 is 20.9 Å². The number of carbonyl (C=O) groups is 1. The van der Waals surface area contributed by atoms with Crippen LogP contribution in [0.4, 0.5) is 36.4 Å². The Labute approximate surface area is 183 Å². The summed E-state index contributed by atoms with van der Waals surface area (Å²) >= 11 is 0. The molecule has 1 saturated carbocycles. The zero-order valence-corrected chi connectivity index (χ0v) is 18.2. The van der Waals surface area contributed by atoms with Gasteiger partial charge in [-0.25, -0.2) is 15.0 Å². The summed E-state index contributed by atoms with van der Waals surface area (Å²) in [6.45, 7) is 5.78. The third-order valence-corrected chi connectivity index (χ3v) is 5.70. The molecule has 0 radical (unpaired) electrons. The van der Waals surface area contributed by atoms with E-state index in [2.05, 4.69) is 35.9 Å². The average molecular weight is 450 g/mol. The Kier molecular flexibility index (Phi) is 5.55. The Morgan fingerprint density at radius 1 is 1.16 bits per heavy atom. The van der Waals surface area contributed by atoms with E-state index in [4.69, 9.17) is 0 Å². The van der Waals surface area contributed by atoms with Gasteiger partial charge >= 0.3 is 6.18 Å². The topological polar surface area (TPSA) is 108 Å². The van der Waals surface area contributed by atoms with Crippen LogP contribution in [0.1, 0.15) is 38.2 Å². The number of aromatic nitrogens is 4. The van der Waals surface area contributed by atoms with E-state index >= 15 is 0 Å². The molecule has 0 saturated heterocycles. The number of likely N-dealkylation sites (N-methyl/N-ethyl adjacent to an activating group) is 1. The highest BCUT2D eigenvalue weighted by molar-refractivity contribution is 6.03. The summed E-state index contributed by atoms with van der Waals surface area (Å²) in [6.07, 6.45) is -2.14. The highest BCUT2D eigenvalue weighted by Gasteiger charge is 2.37. The van der Waals surface area contributed by atoms with E-state index in [1.165, 1.54) is 6.07 Å². The summed E-state index contributed by atoms with van der Waals surface area (Å²) in [5, 5.41) is 9.21. The van der Waals surface area contributed by atoms with Gasteiger partial charge in [-0.05, 0) is 31.7 Å². The van der Waals surface area contributed by atoms with E-state index in [1.54, 1.807) is 0 Å². The SMILES string of the molecule is Cc1nc(N[C@H]2C[C@@H](Nc3ccnc(C(F)(F)F)n3)C2)nc2c1NC(=O)[C@H](C(C)C)N2C. The molecule has 1 atom stereocenters. The molecule has 2 aliphatic rings. The first-order valence-corrected chi connectivity index (χ1v) is 10.4. The molecule has 1 fully saturated rings. The molecule has 0 aromatic carbocycles. The van der Waals surface area contributed by atoms with Crippen LogP contribution in [0.5, 0.6) is 0 Å². The highest BCUT2D eigenvalue weighted by atomic mass is 19.4. The highest BCUT2D eigenvalue weighted by Crippen LogP contribution is 2.35. The Hall–Kier alpha value is -3.18. The second-order valence-electron chi connectivity index (χ2n) is 8.54. The minimum Gasteiger partial charge on any atom is -0.367 e. The van der Waals surface area contributed by atoms with Crippen molar-refractivity contribution in [1.29, 1.82) is 0 Å². The molecule has 4 rings (SSSR count). The number of rotatable bonds is 5. The van der Waals surface area contributed by atoms with Crippen molar-refractivity contribution >= 4 is 29.2 Å². The fraction of sp³-hybridized carbons (Fsp3) is 0.550. The summed E-state index contributed by atoms with van der Waals surface area (Å²) in [5.74, 6) is 0.135. The fourth-order valence-corrected chi connectivity index (χ4v) is 4.10.